The van der Waals surface area contributed by atoms with Gasteiger partial charge in [0.05, 0.1) is 12.9 Å². The maximum atomic E-state index is 13.0. The molecule has 3 heterocycles. The Hall–Kier alpha value is -2.95. The first-order valence-corrected chi connectivity index (χ1v) is 14.7. The van der Waals surface area contributed by atoms with Gasteiger partial charge in [0.2, 0.25) is 5.91 Å². The number of methoxy groups -OCH3 is 1. The molecule has 7 nitrogen and oxygen atoms in total. The third-order valence-electron chi connectivity index (χ3n) is 6.01. The van der Waals surface area contributed by atoms with Gasteiger partial charge >= 0.3 is 5.97 Å². The molecule has 10 heteroatoms. The summed E-state index contributed by atoms with van der Waals surface area (Å²) in [5, 5.41) is 17.0. The third kappa shape index (κ3) is 5.66. The Bertz CT molecular complexity index is 1420. The Labute approximate surface area is 229 Å². The molecule has 0 aliphatic carbocycles. The van der Waals surface area contributed by atoms with E-state index in [2.05, 4.69) is 53.2 Å². The number of ether oxygens (including phenoxy) is 1. The van der Waals surface area contributed by atoms with Crippen molar-refractivity contribution in [2.45, 2.75) is 52.2 Å². The van der Waals surface area contributed by atoms with Crippen molar-refractivity contribution < 1.29 is 14.3 Å². The molecule has 4 aromatic rings. The first kappa shape index (κ1) is 27.1. The highest BCUT2D eigenvalue weighted by Crippen LogP contribution is 2.37. The van der Waals surface area contributed by atoms with E-state index in [0.29, 0.717) is 15.7 Å². The molecule has 3 aromatic heterocycles. The van der Waals surface area contributed by atoms with Crippen molar-refractivity contribution in [1.82, 2.24) is 14.8 Å². The van der Waals surface area contributed by atoms with Crippen LogP contribution in [0.3, 0.4) is 0 Å². The van der Waals surface area contributed by atoms with Crippen LogP contribution in [0.2, 0.25) is 0 Å². The molecule has 0 aliphatic rings. The van der Waals surface area contributed by atoms with E-state index in [0.717, 1.165) is 34.5 Å². The molecule has 0 bridgehead atoms. The van der Waals surface area contributed by atoms with Gasteiger partial charge in [-0.1, -0.05) is 48.5 Å². The summed E-state index contributed by atoms with van der Waals surface area (Å²) >= 11 is 4.36. The van der Waals surface area contributed by atoms with Crippen LogP contribution in [0.4, 0.5) is 5.00 Å². The summed E-state index contributed by atoms with van der Waals surface area (Å²) in [5.74, 6) is 0.245. The van der Waals surface area contributed by atoms with Crippen LogP contribution in [0, 0.1) is 13.8 Å². The molecule has 4 rings (SSSR count). The van der Waals surface area contributed by atoms with E-state index in [1.807, 2.05) is 36.6 Å². The van der Waals surface area contributed by atoms with Crippen molar-refractivity contribution in [2.24, 2.45) is 0 Å². The highest BCUT2D eigenvalue weighted by Gasteiger charge is 2.24. The highest BCUT2D eigenvalue weighted by molar-refractivity contribution is 7.99. The molecule has 0 atom stereocenters. The van der Waals surface area contributed by atoms with Gasteiger partial charge in [-0.3, -0.25) is 9.36 Å². The molecule has 0 aliphatic heterocycles. The van der Waals surface area contributed by atoms with E-state index in [1.165, 1.54) is 40.6 Å². The zero-order chi connectivity index (χ0) is 26.7. The number of anilines is 1. The number of carbonyl (C=O) groups excluding carboxylic acids is 2. The maximum Gasteiger partial charge on any atom is 0.341 e. The Morgan fingerprint density at radius 2 is 1.78 bits per heavy atom. The largest absolute Gasteiger partial charge is 0.465 e. The molecule has 0 radical (unpaired) electrons. The number of nitrogens with zero attached hydrogens (tertiary/aromatic N) is 3. The van der Waals surface area contributed by atoms with E-state index < -0.39 is 5.97 Å². The summed E-state index contributed by atoms with van der Waals surface area (Å²) in [6.45, 7) is 10.5. The number of thioether (sulfide) groups is 1. The topological polar surface area (TPSA) is 86.1 Å². The van der Waals surface area contributed by atoms with Crippen LogP contribution in [0.15, 0.2) is 40.2 Å². The predicted molar refractivity (Wildman–Crippen MR) is 153 cm³/mol. The lowest BCUT2D eigenvalue weighted by Gasteiger charge is -2.14. The fourth-order valence-corrected chi connectivity index (χ4v) is 6.90. The molecule has 37 heavy (non-hydrogen) atoms. The van der Waals surface area contributed by atoms with Gasteiger partial charge in [-0.15, -0.1) is 32.9 Å². The lowest BCUT2D eigenvalue weighted by Crippen LogP contribution is -2.16. The second kappa shape index (κ2) is 11.6. The molecular weight excluding hydrogens is 525 g/mol. The lowest BCUT2D eigenvalue weighted by atomic mass is 10.0. The maximum absolute atomic E-state index is 13.0. The fourth-order valence-electron chi connectivity index (χ4n) is 4.12. The molecule has 0 spiro atoms. The minimum atomic E-state index is -0.484. The van der Waals surface area contributed by atoms with Crippen molar-refractivity contribution in [3.63, 3.8) is 0 Å². The number of hydrogen-bond acceptors (Lipinski definition) is 8. The van der Waals surface area contributed by atoms with Crippen molar-refractivity contribution in [3.05, 3.63) is 56.6 Å². The molecule has 0 saturated carbocycles. The standard InChI is InChI=1S/C27H30N4O3S3/c1-7-19-17(5)35-13-21(19)24-29-30-27(31(24)15(2)3)37-14-22(32)28-25-23(26(33)34-6)20(12-36-25)18-10-8-16(4)9-11-18/h8-13,15H,7,14H2,1-6H3,(H,28,32). The highest BCUT2D eigenvalue weighted by atomic mass is 32.2. The first-order valence-electron chi connectivity index (χ1n) is 12.0. The van der Waals surface area contributed by atoms with E-state index in [1.54, 1.807) is 11.3 Å². The SMILES string of the molecule is CCc1c(-c2nnc(SCC(=O)Nc3scc(-c4ccc(C)cc4)c3C(=O)OC)n2C(C)C)csc1C. The zero-order valence-electron chi connectivity index (χ0n) is 21.7. The van der Waals surface area contributed by atoms with Gasteiger partial charge in [-0.2, -0.15) is 0 Å². The van der Waals surface area contributed by atoms with E-state index in [9.17, 15) is 9.59 Å². The summed E-state index contributed by atoms with van der Waals surface area (Å²) in [7, 11) is 1.34. The fraction of sp³-hybridized carbons (Fsp3) is 0.333. The third-order valence-corrected chi connectivity index (χ3v) is 8.80. The first-order chi connectivity index (χ1) is 17.7. The number of esters is 1. The van der Waals surface area contributed by atoms with Crippen LogP contribution in [0.25, 0.3) is 22.5 Å². The van der Waals surface area contributed by atoms with Crippen LogP contribution in [0.1, 0.15) is 53.2 Å². The van der Waals surface area contributed by atoms with E-state index in [4.69, 9.17) is 4.74 Å². The Kier molecular flexibility index (Phi) is 8.51. The molecule has 1 aromatic carbocycles. The number of benzene rings is 1. The quantitative estimate of drug-likeness (QED) is 0.177. The zero-order valence-corrected chi connectivity index (χ0v) is 24.2. The molecule has 0 unspecified atom stereocenters. The monoisotopic (exact) mass is 554 g/mol. The van der Waals surface area contributed by atoms with Crippen LogP contribution in [-0.4, -0.2) is 39.5 Å². The van der Waals surface area contributed by atoms with Gasteiger partial charge in [0.1, 0.15) is 10.6 Å². The van der Waals surface area contributed by atoms with Gasteiger partial charge in [0.25, 0.3) is 0 Å². The average molecular weight is 555 g/mol. The number of aromatic nitrogens is 3. The normalized spacial score (nSPS) is 11.2. The second-order valence-electron chi connectivity index (χ2n) is 8.86. The number of rotatable bonds is 9. The van der Waals surface area contributed by atoms with Crippen LogP contribution >= 0.6 is 34.4 Å². The van der Waals surface area contributed by atoms with E-state index in [-0.39, 0.29) is 17.7 Å². The van der Waals surface area contributed by atoms with Gasteiger partial charge in [-0.25, -0.2) is 4.79 Å². The van der Waals surface area contributed by atoms with Crippen LogP contribution in [0.5, 0.6) is 0 Å². The van der Waals surface area contributed by atoms with Crippen molar-refractivity contribution in [3.8, 4) is 22.5 Å². The van der Waals surface area contributed by atoms with Gasteiger partial charge in [0.15, 0.2) is 11.0 Å². The Morgan fingerprint density at radius 3 is 2.43 bits per heavy atom. The number of nitrogens with one attached hydrogen (secondary N) is 1. The van der Waals surface area contributed by atoms with E-state index >= 15 is 0 Å². The predicted octanol–water partition coefficient (Wildman–Crippen LogP) is 7.01. The number of hydrogen-bond donors (Lipinski definition) is 1. The molecule has 1 amide bonds. The van der Waals surface area contributed by atoms with Crippen molar-refractivity contribution in [1.29, 1.82) is 0 Å². The molecule has 194 valence electrons. The smallest absolute Gasteiger partial charge is 0.341 e. The van der Waals surface area contributed by atoms with Gasteiger partial charge in [-0.05, 0) is 45.2 Å². The minimum Gasteiger partial charge on any atom is -0.465 e. The average Bonchev–Trinajstić information content (AvgIpc) is 3.59. The number of thiophene rings is 2. The summed E-state index contributed by atoms with van der Waals surface area (Å²) in [6, 6.07) is 8.02. The summed E-state index contributed by atoms with van der Waals surface area (Å²) in [4.78, 5) is 26.9. The minimum absolute atomic E-state index is 0.126. The van der Waals surface area contributed by atoms with Crippen LogP contribution in [-0.2, 0) is 16.0 Å². The van der Waals surface area contributed by atoms with Crippen LogP contribution < -0.4 is 5.32 Å². The van der Waals surface area contributed by atoms with Gasteiger partial charge in [0, 0.05) is 32.8 Å². The number of aryl methyl sites for hydroxylation is 2. The molecule has 0 saturated heterocycles. The lowest BCUT2D eigenvalue weighted by molar-refractivity contribution is -0.113. The second-order valence-corrected chi connectivity index (χ2v) is 11.8. The summed E-state index contributed by atoms with van der Waals surface area (Å²) in [5.41, 5.74) is 5.51. The number of amides is 1. The molecule has 1 N–H and O–H groups in total. The Balaban J connectivity index is 1.54. The number of carbonyl (C=O) groups is 2. The van der Waals surface area contributed by atoms with Gasteiger partial charge < -0.3 is 10.1 Å². The Morgan fingerprint density at radius 1 is 1.08 bits per heavy atom. The van der Waals surface area contributed by atoms with Crippen molar-refractivity contribution >= 4 is 51.3 Å². The molecule has 0 fully saturated rings. The summed E-state index contributed by atoms with van der Waals surface area (Å²) in [6.07, 6.45) is 0.925. The molecular formula is C27H30N4O3S3. The summed E-state index contributed by atoms with van der Waals surface area (Å²) < 4.78 is 7.11. The van der Waals surface area contributed by atoms with Crippen molar-refractivity contribution in [2.75, 3.05) is 18.2 Å².